The fraction of sp³-hybridized carbons (Fsp3) is 0.393. The van der Waals surface area contributed by atoms with Gasteiger partial charge in [0.2, 0.25) is 0 Å². The van der Waals surface area contributed by atoms with Gasteiger partial charge in [-0.3, -0.25) is 4.79 Å². The predicted octanol–water partition coefficient (Wildman–Crippen LogP) is 5.18. The number of anilines is 2. The van der Waals surface area contributed by atoms with Crippen molar-refractivity contribution in [3.63, 3.8) is 0 Å². The van der Waals surface area contributed by atoms with Gasteiger partial charge in [-0.25, -0.2) is 9.97 Å². The minimum absolute atomic E-state index is 0.109. The number of halogens is 2. The first kappa shape index (κ1) is 27.1. The average molecular weight is 572 g/mol. The molecule has 0 saturated carbocycles. The van der Waals surface area contributed by atoms with E-state index in [0.717, 1.165) is 86.6 Å². The predicted molar refractivity (Wildman–Crippen MR) is 157 cm³/mol. The molecule has 2 saturated heterocycles. The van der Waals surface area contributed by atoms with Crippen LogP contribution in [0.15, 0.2) is 59.8 Å². The molecule has 1 amide bonds. The molecule has 0 unspecified atom stereocenters. The van der Waals surface area contributed by atoms with Crippen molar-refractivity contribution in [3.8, 4) is 0 Å². The Labute approximate surface area is 238 Å². The molecular weight excluding hydrogens is 539 g/mol. The molecule has 1 aromatic heterocycles. The van der Waals surface area contributed by atoms with Crippen LogP contribution in [-0.4, -0.2) is 84.6 Å². The van der Waals surface area contributed by atoms with Crippen molar-refractivity contribution >= 4 is 52.4 Å². The number of aromatic nitrogens is 2. The Morgan fingerprint density at radius 2 is 1.55 bits per heavy atom. The second kappa shape index (κ2) is 12.6. The number of hydrogen-bond acceptors (Lipinski definition) is 7. The highest BCUT2D eigenvalue weighted by molar-refractivity contribution is 7.98. The van der Waals surface area contributed by atoms with E-state index in [1.807, 2.05) is 53.4 Å². The average Bonchev–Trinajstić information content (AvgIpc) is 2.96. The van der Waals surface area contributed by atoms with Crippen LogP contribution in [0, 0.1) is 0 Å². The third kappa shape index (κ3) is 6.54. The van der Waals surface area contributed by atoms with Crippen molar-refractivity contribution in [2.45, 2.75) is 17.8 Å². The second-order valence-corrected chi connectivity index (χ2v) is 11.2. The van der Waals surface area contributed by atoms with Gasteiger partial charge in [0.25, 0.3) is 5.91 Å². The van der Waals surface area contributed by atoms with Gasteiger partial charge in [-0.15, -0.1) is 0 Å². The first-order valence-electron chi connectivity index (χ1n) is 13.0. The normalized spacial score (nSPS) is 16.7. The molecular formula is C28H32Cl2N6OS. The highest BCUT2D eigenvalue weighted by Crippen LogP contribution is 2.29. The number of carbonyl (C=O) groups is 1. The maximum absolute atomic E-state index is 12.9. The molecule has 3 aromatic rings. The van der Waals surface area contributed by atoms with Crippen LogP contribution >= 0.6 is 35.0 Å². The summed E-state index contributed by atoms with van der Waals surface area (Å²) in [5.41, 5.74) is 2.92. The largest absolute Gasteiger partial charge is 0.367 e. The molecule has 7 nitrogen and oxygen atoms in total. The van der Waals surface area contributed by atoms with Gasteiger partial charge in [0.05, 0.1) is 10.7 Å². The lowest BCUT2D eigenvalue weighted by Gasteiger charge is -2.37. The highest BCUT2D eigenvalue weighted by atomic mass is 35.5. The summed E-state index contributed by atoms with van der Waals surface area (Å²) in [7, 11) is 0. The van der Waals surface area contributed by atoms with Gasteiger partial charge in [-0.2, -0.15) is 0 Å². The van der Waals surface area contributed by atoms with Crippen LogP contribution in [0.5, 0.6) is 0 Å². The molecule has 2 fully saturated rings. The van der Waals surface area contributed by atoms with E-state index in [1.165, 1.54) is 0 Å². The van der Waals surface area contributed by atoms with Crippen molar-refractivity contribution < 1.29 is 4.79 Å². The third-order valence-electron chi connectivity index (χ3n) is 7.13. The van der Waals surface area contributed by atoms with E-state index in [0.29, 0.717) is 16.1 Å². The molecule has 2 aliphatic rings. The summed E-state index contributed by atoms with van der Waals surface area (Å²) in [6.45, 7) is 10.0. The minimum atomic E-state index is 0.109. The standard InChI is InChI=1S/C28H32Cl2N6OS/c1-2-33-11-13-36(14-12-33)27(37)22-9-7-21(8-10-22)20-38-28-31-25(30)19-26(32-28)35-17-15-34(16-18-35)24-6-4-3-5-23(24)29/h3-10,19H,2,11-18,20H2,1H3. The van der Waals surface area contributed by atoms with Gasteiger partial charge in [0.1, 0.15) is 11.0 Å². The first-order valence-corrected chi connectivity index (χ1v) is 14.8. The van der Waals surface area contributed by atoms with E-state index < -0.39 is 0 Å². The molecule has 0 aliphatic carbocycles. The van der Waals surface area contributed by atoms with Gasteiger partial charge in [0, 0.05) is 69.7 Å². The monoisotopic (exact) mass is 570 g/mol. The number of hydrogen-bond donors (Lipinski definition) is 0. The van der Waals surface area contributed by atoms with Crippen molar-refractivity contribution in [1.29, 1.82) is 0 Å². The second-order valence-electron chi connectivity index (χ2n) is 9.47. The summed E-state index contributed by atoms with van der Waals surface area (Å²) in [5.74, 6) is 1.65. The fourth-order valence-corrected chi connectivity index (χ4v) is 6.13. The summed E-state index contributed by atoms with van der Waals surface area (Å²) < 4.78 is 0. The molecule has 38 heavy (non-hydrogen) atoms. The molecule has 5 rings (SSSR count). The van der Waals surface area contributed by atoms with E-state index in [2.05, 4.69) is 32.7 Å². The Hall–Kier alpha value is -2.52. The van der Waals surface area contributed by atoms with Crippen LogP contribution in [0.1, 0.15) is 22.8 Å². The van der Waals surface area contributed by atoms with Crippen LogP contribution in [0.2, 0.25) is 10.2 Å². The Bertz CT molecular complexity index is 1240. The number of rotatable bonds is 7. The number of para-hydroxylation sites is 1. The van der Waals surface area contributed by atoms with Crippen LogP contribution in [0.3, 0.4) is 0 Å². The molecule has 2 aromatic carbocycles. The Kier molecular flexibility index (Phi) is 8.94. The summed E-state index contributed by atoms with van der Waals surface area (Å²) in [6.07, 6.45) is 0. The Balaban J connectivity index is 1.16. The van der Waals surface area contributed by atoms with E-state index in [9.17, 15) is 4.79 Å². The molecule has 2 aliphatic heterocycles. The zero-order valence-corrected chi connectivity index (χ0v) is 23.9. The smallest absolute Gasteiger partial charge is 0.253 e. The minimum Gasteiger partial charge on any atom is -0.367 e. The number of amides is 1. The van der Waals surface area contributed by atoms with Gasteiger partial charge in [-0.1, -0.05) is 66.2 Å². The van der Waals surface area contributed by atoms with Gasteiger partial charge in [-0.05, 0) is 36.4 Å². The van der Waals surface area contributed by atoms with Crippen LogP contribution in [0.25, 0.3) is 0 Å². The zero-order valence-electron chi connectivity index (χ0n) is 21.5. The number of nitrogens with zero attached hydrogens (tertiary/aromatic N) is 6. The SMILES string of the molecule is CCN1CCN(C(=O)c2ccc(CSc3nc(Cl)cc(N4CCN(c5ccccc5Cl)CC4)n3)cc2)CC1. The van der Waals surface area contributed by atoms with Crippen molar-refractivity contribution in [3.05, 3.63) is 75.9 Å². The summed E-state index contributed by atoms with van der Waals surface area (Å²) in [4.78, 5) is 31.0. The van der Waals surface area contributed by atoms with Crippen molar-refractivity contribution in [2.24, 2.45) is 0 Å². The fourth-order valence-electron chi connectivity index (χ4n) is 4.84. The molecule has 0 spiro atoms. The number of carbonyl (C=O) groups excluding carboxylic acids is 1. The third-order valence-corrected chi connectivity index (χ3v) is 8.56. The molecule has 0 N–H and O–H groups in total. The summed E-state index contributed by atoms with van der Waals surface area (Å²) in [6, 6.07) is 17.7. The lowest BCUT2D eigenvalue weighted by molar-refractivity contribution is 0.0643. The summed E-state index contributed by atoms with van der Waals surface area (Å²) >= 11 is 14.3. The topological polar surface area (TPSA) is 55.8 Å². The van der Waals surface area contributed by atoms with E-state index in [-0.39, 0.29) is 5.91 Å². The van der Waals surface area contributed by atoms with Gasteiger partial charge < -0.3 is 19.6 Å². The molecule has 3 heterocycles. The first-order chi connectivity index (χ1) is 18.5. The molecule has 200 valence electrons. The maximum atomic E-state index is 12.9. The highest BCUT2D eigenvalue weighted by Gasteiger charge is 2.22. The number of piperazine rings is 2. The van der Waals surface area contributed by atoms with E-state index >= 15 is 0 Å². The Morgan fingerprint density at radius 1 is 0.868 bits per heavy atom. The zero-order chi connectivity index (χ0) is 26.5. The van der Waals surface area contributed by atoms with Crippen LogP contribution in [0.4, 0.5) is 11.5 Å². The quantitative estimate of drug-likeness (QED) is 0.220. The van der Waals surface area contributed by atoms with E-state index in [4.69, 9.17) is 28.2 Å². The van der Waals surface area contributed by atoms with Gasteiger partial charge >= 0.3 is 0 Å². The number of thioether (sulfide) groups is 1. The molecule has 0 atom stereocenters. The Morgan fingerprint density at radius 3 is 2.24 bits per heavy atom. The lowest BCUT2D eigenvalue weighted by Crippen LogP contribution is -2.48. The van der Waals surface area contributed by atoms with Crippen LogP contribution < -0.4 is 9.80 Å². The number of benzene rings is 2. The van der Waals surface area contributed by atoms with Crippen molar-refractivity contribution in [1.82, 2.24) is 19.8 Å². The number of likely N-dealkylation sites (N-methyl/N-ethyl adjacent to an activating group) is 1. The van der Waals surface area contributed by atoms with Crippen LogP contribution in [-0.2, 0) is 5.75 Å². The molecule has 0 bridgehead atoms. The van der Waals surface area contributed by atoms with Gasteiger partial charge in [0.15, 0.2) is 5.16 Å². The maximum Gasteiger partial charge on any atom is 0.253 e. The summed E-state index contributed by atoms with van der Waals surface area (Å²) in [5, 5.41) is 1.86. The molecule has 10 heteroatoms. The molecule has 0 radical (unpaired) electrons. The lowest BCUT2D eigenvalue weighted by atomic mass is 10.1. The van der Waals surface area contributed by atoms with Crippen molar-refractivity contribution in [2.75, 3.05) is 68.7 Å². The van der Waals surface area contributed by atoms with E-state index in [1.54, 1.807) is 11.8 Å².